The molecule has 1 aliphatic rings. The largest absolute Gasteiger partial charge is 0.393 e. The smallest absolute Gasteiger partial charge is 0.223 e. The lowest BCUT2D eigenvalue weighted by atomic mass is 9.88. The first-order valence-electron chi connectivity index (χ1n) is 9.22. The minimum absolute atomic E-state index is 0.120. The molecule has 1 unspecified atom stereocenters. The molecule has 1 N–H and O–H groups in total. The number of aromatic nitrogens is 1. The second-order valence-corrected chi connectivity index (χ2v) is 7.31. The maximum Gasteiger partial charge on any atom is 0.223 e. The monoisotopic (exact) mass is 376 g/mol. The number of aliphatic hydroxyl groups excluding tert-OH is 1. The number of piperidine rings is 1. The molecule has 26 heavy (non-hydrogen) atoms. The number of hydrogen-bond donors (Lipinski definition) is 1. The van der Waals surface area contributed by atoms with Crippen molar-refractivity contribution in [1.82, 2.24) is 10.1 Å². The zero-order valence-corrected chi connectivity index (χ0v) is 15.6. The lowest BCUT2D eigenvalue weighted by Gasteiger charge is -2.34. The summed E-state index contributed by atoms with van der Waals surface area (Å²) in [5.74, 6) is 1.03. The Morgan fingerprint density at radius 1 is 1.27 bits per heavy atom. The predicted molar refractivity (Wildman–Crippen MR) is 99.9 cm³/mol. The number of carbonyl (C=O) groups is 1. The van der Waals surface area contributed by atoms with Crippen LogP contribution in [0, 0.1) is 5.92 Å². The molecule has 6 heteroatoms. The second-order valence-electron chi connectivity index (χ2n) is 6.93. The van der Waals surface area contributed by atoms with Gasteiger partial charge in [0, 0.05) is 32.0 Å². The molecule has 1 saturated heterocycles. The Morgan fingerprint density at radius 2 is 2.00 bits per heavy atom. The number of halogens is 1. The van der Waals surface area contributed by atoms with E-state index in [9.17, 15) is 9.90 Å². The van der Waals surface area contributed by atoms with Crippen molar-refractivity contribution in [1.29, 1.82) is 0 Å². The number of hydrogen-bond acceptors (Lipinski definition) is 4. The number of aliphatic hydroxyl groups is 1. The van der Waals surface area contributed by atoms with Crippen LogP contribution < -0.4 is 0 Å². The van der Waals surface area contributed by atoms with Gasteiger partial charge in [-0.3, -0.25) is 4.79 Å². The highest BCUT2D eigenvalue weighted by atomic mass is 35.5. The number of carbonyl (C=O) groups excluding carboxylic acids is 1. The van der Waals surface area contributed by atoms with Gasteiger partial charge in [0.2, 0.25) is 5.91 Å². The highest BCUT2D eigenvalue weighted by molar-refractivity contribution is 6.29. The van der Waals surface area contributed by atoms with Crippen molar-refractivity contribution < 1.29 is 14.4 Å². The Kier molecular flexibility index (Phi) is 6.69. The third kappa shape index (κ3) is 5.32. The topological polar surface area (TPSA) is 66.6 Å². The van der Waals surface area contributed by atoms with Crippen LogP contribution in [0.3, 0.4) is 0 Å². The molecule has 3 rings (SSSR count). The highest BCUT2D eigenvalue weighted by Crippen LogP contribution is 2.24. The minimum atomic E-state index is -0.302. The number of aryl methyl sites for hydroxylation is 2. The molecule has 5 nitrogen and oxygen atoms in total. The van der Waals surface area contributed by atoms with Crippen LogP contribution in [0.1, 0.15) is 37.0 Å². The summed E-state index contributed by atoms with van der Waals surface area (Å²) >= 11 is 5.71. The molecule has 1 atom stereocenters. The molecular formula is C20H25ClN2O3. The fraction of sp³-hybridized carbons (Fsp3) is 0.500. The first-order valence-corrected chi connectivity index (χ1v) is 9.60. The third-order valence-corrected chi connectivity index (χ3v) is 5.30. The van der Waals surface area contributed by atoms with E-state index >= 15 is 0 Å². The maximum atomic E-state index is 12.3. The van der Waals surface area contributed by atoms with E-state index in [1.54, 1.807) is 6.07 Å². The van der Waals surface area contributed by atoms with Crippen molar-refractivity contribution in [3.8, 4) is 0 Å². The zero-order valence-electron chi connectivity index (χ0n) is 14.8. The number of rotatable bonds is 7. The summed E-state index contributed by atoms with van der Waals surface area (Å²) in [5, 5.41) is 14.4. The highest BCUT2D eigenvalue weighted by Gasteiger charge is 2.27. The van der Waals surface area contributed by atoms with Crippen LogP contribution in [-0.4, -0.2) is 40.3 Å². The van der Waals surface area contributed by atoms with Gasteiger partial charge in [0.25, 0.3) is 0 Å². The van der Waals surface area contributed by atoms with Crippen LogP contribution in [0.5, 0.6) is 0 Å². The van der Waals surface area contributed by atoms with E-state index in [0.29, 0.717) is 36.8 Å². The molecule has 1 aliphatic heterocycles. The van der Waals surface area contributed by atoms with Crippen LogP contribution in [0.15, 0.2) is 40.9 Å². The van der Waals surface area contributed by atoms with Crippen molar-refractivity contribution in [2.45, 2.75) is 44.6 Å². The lowest BCUT2D eigenvalue weighted by molar-refractivity contribution is -0.133. The summed E-state index contributed by atoms with van der Waals surface area (Å²) < 4.78 is 5.03. The molecule has 1 amide bonds. The van der Waals surface area contributed by atoms with Gasteiger partial charge in [0.05, 0.1) is 6.10 Å². The molecule has 140 valence electrons. The summed E-state index contributed by atoms with van der Waals surface area (Å²) in [7, 11) is 0. The van der Waals surface area contributed by atoms with Crippen LogP contribution in [-0.2, 0) is 17.6 Å². The lowest BCUT2D eigenvalue weighted by Crippen LogP contribution is -2.41. The number of benzene rings is 1. The van der Waals surface area contributed by atoms with Crippen LogP contribution in [0.4, 0.5) is 0 Å². The Balaban J connectivity index is 1.38. The van der Waals surface area contributed by atoms with Crippen LogP contribution in [0.25, 0.3) is 0 Å². The molecule has 0 aliphatic carbocycles. The first-order chi connectivity index (χ1) is 12.6. The number of amides is 1. The van der Waals surface area contributed by atoms with Crippen molar-refractivity contribution in [3.63, 3.8) is 0 Å². The van der Waals surface area contributed by atoms with E-state index in [1.807, 2.05) is 23.1 Å². The fourth-order valence-corrected chi connectivity index (χ4v) is 3.68. The van der Waals surface area contributed by atoms with Gasteiger partial charge in [0.15, 0.2) is 5.15 Å². The summed E-state index contributed by atoms with van der Waals surface area (Å²) in [6.07, 6.45) is 3.98. The van der Waals surface area contributed by atoms with Crippen molar-refractivity contribution in [2.24, 2.45) is 5.92 Å². The summed E-state index contributed by atoms with van der Waals surface area (Å²) in [5.41, 5.74) is 1.26. The van der Waals surface area contributed by atoms with Gasteiger partial charge < -0.3 is 14.5 Å². The normalized spacial score (nSPS) is 16.6. The van der Waals surface area contributed by atoms with Gasteiger partial charge in [-0.2, -0.15) is 0 Å². The Labute approximate surface area is 158 Å². The molecule has 2 heterocycles. The molecule has 2 aromatic rings. The summed E-state index contributed by atoms with van der Waals surface area (Å²) in [4.78, 5) is 14.2. The van der Waals surface area contributed by atoms with Crippen LogP contribution >= 0.6 is 11.6 Å². The average Bonchev–Trinajstić information content (AvgIpc) is 3.10. The van der Waals surface area contributed by atoms with Crippen molar-refractivity contribution in [3.05, 3.63) is 52.9 Å². The van der Waals surface area contributed by atoms with Gasteiger partial charge in [0.1, 0.15) is 5.76 Å². The molecule has 0 radical (unpaired) electrons. The van der Waals surface area contributed by atoms with Gasteiger partial charge in [-0.25, -0.2) is 0 Å². The summed E-state index contributed by atoms with van der Waals surface area (Å²) in [6, 6.07) is 11.9. The molecule has 1 aromatic heterocycles. The summed E-state index contributed by atoms with van der Waals surface area (Å²) in [6.45, 7) is 1.42. The van der Waals surface area contributed by atoms with E-state index in [2.05, 4.69) is 17.3 Å². The molecule has 1 aromatic carbocycles. The van der Waals surface area contributed by atoms with E-state index in [4.69, 9.17) is 16.1 Å². The molecule has 0 bridgehead atoms. The van der Waals surface area contributed by atoms with Gasteiger partial charge in [-0.1, -0.05) is 47.1 Å². The average molecular weight is 377 g/mol. The van der Waals surface area contributed by atoms with Gasteiger partial charge in [-0.05, 0) is 37.2 Å². The predicted octanol–water partition coefficient (Wildman–Crippen LogP) is 3.49. The molecule has 1 fully saturated rings. The van der Waals surface area contributed by atoms with E-state index in [0.717, 1.165) is 25.7 Å². The van der Waals surface area contributed by atoms with Crippen molar-refractivity contribution >= 4 is 17.5 Å². The number of likely N-dealkylation sites (tertiary alicyclic amines) is 1. The van der Waals surface area contributed by atoms with Crippen molar-refractivity contribution in [2.75, 3.05) is 13.1 Å². The SMILES string of the molecule is O=C(CCc1cc(Cl)no1)N1CCC(C(O)CCc2ccccc2)CC1. The second kappa shape index (κ2) is 9.19. The fourth-order valence-electron chi connectivity index (χ4n) is 3.52. The number of nitrogens with zero attached hydrogens (tertiary/aromatic N) is 2. The molecule has 0 spiro atoms. The minimum Gasteiger partial charge on any atom is -0.393 e. The van der Waals surface area contributed by atoms with Crippen LogP contribution in [0.2, 0.25) is 5.15 Å². The Morgan fingerprint density at radius 3 is 2.65 bits per heavy atom. The van der Waals surface area contributed by atoms with E-state index in [-0.39, 0.29) is 17.9 Å². The van der Waals surface area contributed by atoms with E-state index in [1.165, 1.54) is 5.56 Å². The standard InChI is InChI=1S/C20H25ClN2O3/c21-19-14-17(26-22-19)7-9-20(25)23-12-10-16(11-13-23)18(24)8-6-15-4-2-1-3-5-15/h1-5,14,16,18,24H,6-13H2. The molecule has 0 saturated carbocycles. The maximum absolute atomic E-state index is 12.3. The Bertz CT molecular complexity index is 696. The Hall–Kier alpha value is -1.85. The van der Waals surface area contributed by atoms with E-state index < -0.39 is 0 Å². The van der Waals surface area contributed by atoms with Gasteiger partial charge >= 0.3 is 0 Å². The van der Waals surface area contributed by atoms with Gasteiger partial charge in [-0.15, -0.1) is 0 Å². The first kappa shape index (κ1) is 18.9. The third-order valence-electron chi connectivity index (χ3n) is 5.12. The quantitative estimate of drug-likeness (QED) is 0.803. The molecular weight excluding hydrogens is 352 g/mol. The zero-order chi connectivity index (χ0) is 18.4.